The van der Waals surface area contributed by atoms with Crippen molar-refractivity contribution in [2.75, 3.05) is 6.54 Å². The molecular formula is C6H7NO3. The minimum Gasteiger partial charge on any atom is -0.480 e. The molecule has 0 aliphatic carbocycles. The minimum absolute atomic E-state index is 0.278. The Hall–Kier alpha value is -1.12. The van der Waals surface area contributed by atoms with E-state index in [2.05, 4.69) is 5.32 Å². The minimum atomic E-state index is -1.15. The molecule has 1 fully saturated rings. The largest absolute Gasteiger partial charge is 0.480 e. The summed E-state index contributed by atoms with van der Waals surface area (Å²) in [5.41, 5.74) is -0.873. The third-order valence-electron chi connectivity index (χ3n) is 1.77. The van der Waals surface area contributed by atoms with Crippen LogP contribution in [0.15, 0.2) is 5.57 Å². The summed E-state index contributed by atoms with van der Waals surface area (Å²) in [7, 11) is 0. The lowest BCUT2D eigenvalue weighted by atomic mass is 9.85. The van der Waals surface area contributed by atoms with Crippen molar-refractivity contribution in [1.29, 1.82) is 0 Å². The third kappa shape index (κ3) is 0.667. The van der Waals surface area contributed by atoms with E-state index in [4.69, 9.17) is 5.11 Å². The molecular weight excluding hydrogens is 134 g/mol. The van der Waals surface area contributed by atoms with E-state index in [0.29, 0.717) is 6.54 Å². The Morgan fingerprint density at radius 1 is 1.90 bits per heavy atom. The lowest BCUT2D eigenvalue weighted by Gasteiger charge is -2.36. The number of carbonyl (C=O) groups excluding carboxylic acids is 1. The monoisotopic (exact) mass is 141 g/mol. The smallest absolute Gasteiger partial charge is 0.328 e. The van der Waals surface area contributed by atoms with Gasteiger partial charge in [-0.2, -0.15) is 0 Å². The van der Waals surface area contributed by atoms with Crippen LogP contribution < -0.4 is 5.32 Å². The van der Waals surface area contributed by atoms with Gasteiger partial charge < -0.3 is 5.11 Å². The fourth-order valence-corrected chi connectivity index (χ4v) is 0.785. The van der Waals surface area contributed by atoms with E-state index in [-0.39, 0.29) is 5.57 Å². The van der Waals surface area contributed by atoms with Gasteiger partial charge in [-0.15, -0.1) is 0 Å². The first-order valence-corrected chi connectivity index (χ1v) is 2.84. The standard InChI is InChI=1S/C6H7NO3/c1-6(5(9)10)4(3-8)2-7-6/h7H,2H2,1H3,(H,9,10). The third-order valence-corrected chi connectivity index (χ3v) is 1.77. The van der Waals surface area contributed by atoms with Gasteiger partial charge >= 0.3 is 5.97 Å². The number of carboxylic acids is 1. The van der Waals surface area contributed by atoms with Crippen LogP contribution in [0.25, 0.3) is 0 Å². The van der Waals surface area contributed by atoms with Crippen LogP contribution in [0.1, 0.15) is 6.92 Å². The zero-order valence-corrected chi connectivity index (χ0v) is 5.47. The molecule has 0 amide bonds. The molecule has 4 heteroatoms. The normalized spacial score (nSPS) is 30.7. The van der Waals surface area contributed by atoms with Gasteiger partial charge in [0, 0.05) is 6.54 Å². The van der Waals surface area contributed by atoms with Gasteiger partial charge in [0.15, 0.2) is 0 Å². The van der Waals surface area contributed by atoms with Crippen LogP contribution in [-0.4, -0.2) is 29.1 Å². The van der Waals surface area contributed by atoms with Gasteiger partial charge in [0.1, 0.15) is 11.5 Å². The first-order valence-electron chi connectivity index (χ1n) is 2.84. The van der Waals surface area contributed by atoms with Gasteiger partial charge in [0.05, 0.1) is 5.57 Å². The molecule has 54 valence electrons. The Morgan fingerprint density at radius 3 is 2.60 bits per heavy atom. The molecule has 4 nitrogen and oxygen atoms in total. The molecule has 0 aromatic carbocycles. The summed E-state index contributed by atoms with van der Waals surface area (Å²) < 4.78 is 0. The van der Waals surface area contributed by atoms with E-state index in [1.54, 1.807) is 5.94 Å². The highest BCUT2D eigenvalue weighted by atomic mass is 16.4. The van der Waals surface area contributed by atoms with Crippen LogP contribution in [0, 0.1) is 0 Å². The molecule has 0 aromatic rings. The fraction of sp³-hybridized carbons (Fsp3) is 0.500. The van der Waals surface area contributed by atoms with Crippen molar-refractivity contribution in [3.8, 4) is 0 Å². The molecule has 1 saturated heterocycles. The van der Waals surface area contributed by atoms with Crippen molar-refractivity contribution in [2.45, 2.75) is 12.5 Å². The molecule has 0 saturated carbocycles. The summed E-state index contributed by atoms with van der Waals surface area (Å²) >= 11 is 0. The highest BCUT2D eigenvalue weighted by molar-refractivity contribution is 5.89. The van der Waals surface area contributed by atoms with Crippen LogP contribution in [0.3, 0.4) is 0 Å². The Balaban J connectivity index is 2.91. The van der Waals surface area contributed by atoms with E-state index in [9.17, 15) is 9.59 Å². The Bertz CT molecular complexity index is 229. The van der Waals surface area contributed by atoms with E-state index >= 15 is 0 Å². The van der Waals surface area contributed by atoms with Crippen LogP contribution in [-0.2, 0) is 9.59 Å². The Morgan fingerprint density at radius 2 is 2.50 bits per heavy atom. The Kier molecular flexibility index (Phi) is 1.35. The topological polar surface area (TPSA) is 66.4 Å². The quantitative estimate of drug-likeness (QED) is 0.469. The molecule has 1 aliphatic heterocycles. The molecule has 0 bridgehead atoms. The van der Waals surface area contributed by atoms with E-state index in [1.807, 2.05) is 0 Å². The number of aliphatic carboxylic acids is 1. The van der Waals surface area contributed by atoms with Crippen molar-refractivity contribution in [2.24, 2.45) is 0 Å². The molecule has 1 unspecified atom stereocenters. The van der Waals surface area contributed by atoms with Gasteiger partial charge in [-0.05, 0) is 6.92 Å². The second-order valence-electron chi connectivity index (χ2n) is 2.36. The maximum atomic E-state index is 10.4. The lowest BCUT2D eigenvalue weighted by molar-refractivity contribution is -0.144. The highest BCUT2D eigenvalue weighted by Gasteiger charge is 2.45. The van der Waals surface area contributed by atoms with Crippen LogP contribution in [0.2, 0.25) is 0 Å². The second-order valence-corrected chi connectivity index (χ2v) is 2.36. The van der Waals surface area contributed by atoms with Crippen LogP contribution in [0.5, 0.6) is 0 Å². The summed E-state index contributed by atoms with van der Waals surface area (Å²) in [4.78, 5) is 20.5. The summed E-state index contributed by atoms with van der Waals surface area (Å²) in [6, 6.07) is 0. The van der Waals surface area contributed by atoms with Crippen LogP contribution >= 0.6 is 0 Å². The SMILES string of the molecule is CC1(C(=O)O)NCC1=C=O. The molecule has 1 aliphatic rings. The van der Waals surface area contributed by atoms with Crippen molar-refractivity contribution in [1.82, 2.24) is 5.32 Å². The van der Waals surface area contributed by atoms with Gasteiger partial charge in [-0.1, -0.05) is 0 Å². The number of carbonyl (C=O) groups is 1. The van der Waals surface area contributed by atoms with Gasteiger partial charge in [0.2, 0.25) is 0 Å². The van der Waals surface area contributed by atoms with E-state index in [0.717, 1.165) is 0 Å². The molecule has 0 spiro atoms. The molecule has 0 radical (unpaired) electrons. The summed E-state index contributed by atoms with van der Waals surface area (Å²) in [5.74, 6) is 0.566. The zero-order chi connectivity index (χ0) is 7.78. The second kappa shape index (κ2) is 1.94. The van der Waals surface area contributed by atoms with Gasteiger partial charge in [-0.25, -0.2) is 9.59 Å². The number of hydrogen-bond donors (Lipinski definition) is 2. The first-order chi connectivity index (χ1) is 4.61. The van der Waals surface area contributed by atoms with Gasteiger partial charge in [0.25, 0.3) is 0 Å². The number of rotatable bonds is 1. The van der Waals surface area contributed by atoms with Crippen molar-refractivity contribution in [3.05, 3.63) is 5.57 Å². The van der Waals surface area contributed by atoms with E-state index in [1.165, 1.54) is 6.92 Å². The first kappa shape index (κ1) is 6.99. The van der Waals surface area contributed by atoms with Gasteiger partial charge in [-0.3, -0.25) is 5.32 Å². The predicted octanol–water partition coefficient (Wildman–Crippen LogP) is -0.809. The molecule has 10 heavy (non-hydrogen) atoms. The number of carboxylic acid groups (broad SMARTS) is 1. The Labute approximate surface area is 57.5 Å². The molecule has 1 rings (SSSR count). The van der Waals surface area contributed by atoms with Crippen molar-refractivity contribution in [3.63, 3.8) is 0 Å². The lowest BCUT2D eigenvalue weighted by Crippen LogP contribution is -2.62. The molecule has 0 aromatic heterocycles. The molecule has 1 heterocycles. The molecule has 1 atom stereocenters. The summed E-state index contributed by atoms with van der Waals surface area (Å²) in [6.45, 7) is 1.78. The fourth-order valence-electron chi connectivity index (χ4n) is 0.785. The van der Waals surface area contributed by atoms with Crippen molar-refractivity contribution >= 4 is 11.9 Å². The van der Waals surface area contributed by atoms with Crippen LogP contribution in [0.4, 0.5) is 0 Å². The zero-order valence-electron chi connectivity index (χ0n) is 5.47. The predicted molar refractivity (Wildman–Crippen MR) is 33.2 cm³/mol. The maximum Gasteiger partial charge on any atom is 0.328 e. The average molecular weight is 141 g/mol. The molecule has 2 N–H and O–H groups in total. The maximum absolute atomic E-state index is 10.4. The van der Waals surface area contributed by atoms with E-state index < -0.39 is 11.5 Å². The number of nitrogens with one attached hydrogen (secondary N) is 1. The average Bonchev–Trinajstić information content (AvgIpc) is 1.85. The van der Waals surface area contributed by atoms with Crippen molar-refractivity contribution < 1.29 is 14.7 Å². The number of hydrogen-bond acceptors (Lipinski definition) is 3. The summed E-state index contributed by atoms with van der Waals surface area (Å²) in [6.07, 6.45) is 0. The highest BCUT2D eigenvalue weighted by Crippen LogP contribution is 2.22. The summed E-state index contributed by atoms with van der Waals surface area (Å²) in [5, 5.41) is 11.2.